The van der Waals surface area contributed by atoms with Crippen molar-refractivity contribution < 1.29 is 14.7 Å². The van der Waals surface area contributed by atoms with Gasteiger partial charge >= 0.3 is 5.97 Å². The molecule has 1 atom stereocenters. The van der Waals surface area contributed by atoms with Crippen LogP contribution in [0, 0.1) is 0 Å². The van der Waals surface area contributed by atoms with Crippen molar-refractivity contribution in [3.63, 3.8) is 0 Å². The lowest BCUT2D eigenvalue weighted by Crippen LogP contribution is -2.41. The van der Waals surface area contributed by atoms with Crippen LogP contribution in [0.15, 0.2) is 18.2 Å². The van der Waals surface area contributed by atoms with E-state index in [0.717, 1.165) is 6.42 Å². The molecule has 0 spiro atoms. The van der Waals surface area contributed by atoms with E-state index in [-0.39, 0.29) is 24.1 Å². The monoisotopic (exact) mass is 293 g/mol. The Bertz CT molecular complexity index is 517. The van der Waals surface area contributed by atoms with Gasteiger partial charge in [0, 0.05) is 12.6 Å². The lowest BCUT2D eigenvalue weighted by Gasteiger charge is -2.25. The van der Waals surface area contributed by atoms with Crippen molar-refractivity contribution in [2.75, 3.05) is 23.7 Å². The number of anilines is 2. The number of nitrogens with two attached hydrogens (primary N) is 1. The van der Waals surface area contributed by atoms with Crippen molar-refractivity contribution in [2.24, 2.45) is 0 Å². The van der Waals surface area contributed by atoms with Crippen molar-refractivity contribution in [2.45, 2.75) is 33.2 Å². The number of amides is 1. The predicted octanol–water partition coefficient (Wildman–Crippen LogP) is 1.71. The van der Waals surface area contributed by atoms with E-state index in [1.165, 1.54) is 12.1 Å². The van der Waals surface area contributed by atoms with Crippen LogP contribution in [0.5, 0.6) is 0 Å². The summed E-state index contributed by atoms with van der Waals surface area (Å²) in [4.78, 5) is 24.7. The van der Waals surface area contributed by atoms with Crippen molar-refractivity contribution in [1.82, 2.24) is 5.32 Å². The topological polar surface area (TPSA) is 95.7 Å². The van der Waals surface area contributed by atoms with Gasteiger partial charge in [0.2, 0.25) is 5.91 Å². The summed E-state index contributed by atoms with van der Waals surface area (Å²) in [5, 5.41) is 11.8. The molecule has 0 aliphatic rings. The number of carboxylic acid groups (broad SMARTS) is 1. The van der Waals surface area contributed by atoms with E-state index in [1.54, 1.807) is 6.07 Å². The molecule has 0 radical (unpaired) electrons. The minimum Gasteiger partial charge on any atom is -0.478 e. The standard InChI is InChI=1S/C15H23N3O3/c1-4-10(3)17-14(19)9-18(5-2)13-7-6-11(15(20)21)8-12(13)16/h6-8,10H,4-5,9,16H2,1-3H3,(H,17,19)(H,20,21). The smallest absolute Gasteiger partial charge is 0.335 e. The highest BCUT2D eigenvalue weighted by molar-refractivity contribution is 5.91. The molecule has 1 aromatic carbocycles. The molecular weight excluding hydrogens is 270 g/mol. The van der Waals surface area contributed by atoms with Crippen LogP contribution in [0.1, 0.15) is 37.6 Å². The summed E-state index contributed by atoms with van der Waals surface area (Å²) in [6.07, 6.45) is 0.868. The van der Waals surface area contributed by atoms with Gasteiger partial charge in [-0.2, -0.15) is 0 Å². The van der Waals surface area contributed by atoms with Crippen molar-refractivity contribution in [3.05, 3.63) is 23.8 Å². The van der Waals surface area contributed by atoms with Crippen LogP contribution in [-0.2, 0) is 4.79 Å². The molecule has 21 heavy (non-hydrogen) atoms. The number of carboxylic acids is 1. The Kier molecular flexibility index (Phi) is 6.02. The second-order valence-corrected chi connectivity index (χ2v) is 4.97. The van der Waals surface area contributed by atoms with Crippen molar-refractivity contribution >= 4 is 23.3 Å². The average Bonchev–Trinajstić information content (AvgIpc) is 2.44. The van der Waals surface area contributed by atoms with E-state index in [2.05, 4.69) is 5.32 Å². The lowest BCUT2D eigenvalue weighted by atomic mass is 10.1. The Hall–Kier alpha value is -2.24. The van der Waals surface area contributed by atoms with Crippen LogP contribution < -0.4 is 16.0 Å². The zero-order valence-electron chi connectivity index (χ0n) is 12.7. The van der Waals surface area contributed by atoms with E-state index in [4.69, 9.17) is 10.8 Å². The SMILES string of the molecule is CCC(C)NC(=O)CN(CC)c1ccc(C(=O)O)cc1N. The van der Waals surface area contributed by atoms with Crippen LogP contribution in [0.2, 0.25) is 0 Å². The Morgan fingerprint density at radius 2 is 2.05 bits per heavy atom. The molecule has 0 saturated carbocycles. The molecule has 0 aliphatic carbocycles. The minimum atomic E-state index is -1.02. The number of rotatable bonds is 7. The van der Waals surface area contributed by atoms with Gasteiger partial charge in [0.25, 0.3) is 0 Å². The van der Waals surface area contributed by atoms with Gasteiger partial charge in [0.1, 0.15) is 0 Å². The first kappa shape index (κ1) is 16.8. The number of benzene rings is 1. The summed E-state index contributed by atoms with van der Waals surface area (Å²) in [7, 11) is 0. The molecule has 0 saturated heterocycles. The number of hydrogen-bond donors (Lipinski definition) is 3. The molecule has 1 amide bonds. The lowest BCUT2D eigenvalue weighted by molar-refractivity contribution is -0.120. The first-order valence-corrected chi connectivity index (χ1v) is 7.06. The molecule has 4 N–H and O–H groups in total. The van der Waals surface area contributed by atoms with Gasteiger partial charge in [0.15, 0.2) is 0 Å². The second kappa shape index (κ2) is 7.52. The van der Waals surface area contributed by atoms with Crippen LogP contribution in [0.4, 0.5) is 11.4 Å². The Morgan fingerprint density at radius 1 is 1.38 bits per heavy atom. The maximum Gasteiger partial charge on any atom is 0.335 e. The van der Waals surface area contributed by atoms with Gasteiger partial charge in [-0.3, -0.25) is 4.79 Å². The van der Waals surface area contributed by atoms with Crippen molar-refractivity contribution in [3.8, 4) is 0 Å². The van der Waals surface area contributed by atoms with E-state index < -0.39 is 5.97 Å². The van der Waals surface area contributed by atoms with Gasteiger partial charge in [0.05, 0.1) is 23.5 Å². The number of nitrogens with one attached hydrogen (secondary N) is 1. The first-order valence-electron chi connectivity index (χ1n) is 7.06. The fourth-order valence-electron chi connectivity index (χ4n) is 1.94. The molecule has 1 aromatic rings. The maximum absolute atomic E-state index is 12.0. The van der Waals surface area contributed by atoms with Crippen LogP contribution in [-0.4, -0.2) is 36.1 Å². The number of aromatic carboxylic acids is 1. The molecule has 1 rings (SSSR count). The summed E-state index contributed by atoms with van der Waals surface area (Å²) >= 11 is 0. The third kappa shape index (κ3) is 4.66. The number of nitrogens with zero attached hydrogens (tertiary/aromatic N) is 1. The number of nitrogen functional groups attached to an aromatic ring is 1. The molecule has 0 heterocycles. The average molecular weight is 293 g/mol. The quantitative estimate of drug-likeness (QED) is 0.665. The first-order chi connectivity index (χ1) is 9.88. The minimum absolute atomic E-state index is 0.0760. The second-order valence-electron chi connectivity index (χ2n) is 4.97. The molecule has 0 aromatic heterocycles. The molecule has 6 nitrogen and oxygen atoms in total. The highest BCUT2D eigenvalue weighted by Crippen LogP contribution is 2.24. The molecular formula is C15H23N3O3. The van der Waals surface area contributed by atoms with E-state index >= 15 is 0 Å². The highest BCUT2D eigenvalue weighted by atomic mass is 16.4. The summed E-state index contributed by atoms with van der Waals surface area (Å²) < 4.78 is 0. The Morgan fingerprint density at radius 3 is 2.52 bits per heavy atom. The van der Waals surface area contributed by atoms with Gasteiger partial charge < -0.3 is 21.1 Å². The Balaban J connectivity index is 2.85. The number of hydrogen-bond acceptors (Lipinski definition) is 4. The summed E-state index contributed by atoms with van der Waals surface area (Å²) in [6, 6.07) is 4.66. The van der Waals surface area contributed by atoms with Gasteiger partial charge in [-0.1, -0.05) is 6.92 Å². The predicted molar refractivity (Wildman–Crippen MR) is 83.6 cm³/mol. The van der Waals surface area contributed by atoms with Crippen LogP contribution in [0.3, 0.4) is 0 Å². The molecule has 6 heteroatoms. The third-order valence-corrected chi connectivity index (χ3v) is 3.35. The van der Waals surface area contributed by atoms with Gasteiger partial charge in [-0.25, -0.2) is 4.79 Å². The number of likely N-dealkylation sites (N-methyl/N-ethyl adjacent to an activating group) is 1. The zero-order valence-corrected chi connectivity index (χ0v) is 12.7. The van der Waals surface area contributed by atoms with Gasteiger partial charge in [-0.05, 0) is 38.5 Å². The summed E-state index contributed by atoms with van der Waals surface area (Å²) in [5.41, 5.74) is 7.06. The molecule has 1 unspecified atom stereocenters. The zero-order chi connectivity index (χ0) is 16.0. The summed E-state index contributed by atoms with van der Waals surface area (Å²) in [5.74, 6) is -1.10. The maximum atomic E-state index is 12.0. The number of carbonyl (C=O) groups is 2. The fourth-order valence-corrected chi connectivity index (χ4v) is 1.94. The van der Waals surface area contributed by atoms with Crippen LogP contribution in [0.25, 0.3) is 0 Å². The molecule has 0 aliphatic heterocycles. The summed E-state index contributed by atoms with van der Waals surface area (Å²) in [6.45, 7) is 6.67. The molecule has 0 bridgehead atoms. The molecule has 0 fully saturated rings. The van der Waals surface area contributed by atoms with Crippen LogP contribution >= 0.6 is 0 Å². The highest BCUT2D eigenvalue weighted by Gasteiger charge is 2.15. The Labute approximate surface area is 124 Å². The van der Waals surface area contributed by atoms with E-state index in [9.17, 15) is 9.59 Å². The normalized spacial score (nSPS) is 11.8. The fraction of sp³-hybridized carbons (Fsp3) is 0.467. The van der Waals surface area contributed by atoms with Crippen molar-refractivity contribution in [1.29, 1.82) is 0 Å². The number of carbonyl (C=O) groups excluding carboxylic acids is 1. The third-order valence-electron chi connectivity index (χ3n) is 3.35. The van der Waals surface area contributed by atoms with E-state index in [1.807, 2.05) is 25.7 Å². The molecule has 116 valence electrons. The van der Waals surface area contributed by atoms with E-state index in [0.29, 0.717) is 17.9 Å². The van der Waals surface area contributed by atoms with Gasteiger partial charge in [-0.15, -0.1) is 0 Å². The largest absolute Gasteiger partial charge is 0.478 e.